The van der Waals surface area contributed by atoms with Crippen LogP contribution in [0.3, 0.4) is 0 Å². The lowest BCUT2D eigenvalue weighted by Crippen LogP contribution is -2.60. The maximum atomic E-state index is 5.83. The Bertz CT molecular complexity index is 414. The Labute approximate surface area is 117 Å². The molecule has 2 atom stereocenters. The van der Waals surface area contributed by atoms with E-state index in [9.17, 15) is 0 Å². The molecule has 0 saturated heterocycles. The molecule has 0 bridgehead atoms. The molecule has 0 aliphatic heterocycles. The van der Waals surface area contributed by atoms with Crippen LogP contribution in [0.5, 0.6) is 0 Å². The lowest BCUT2D eigenvalue weighted by Gasteiger charge is -2.51. The number of benzene rings is 1. The van der Waals surface area contributed by atoms with Crippen LogP contribution in [0.25, 0.3) is 0 Å². The molecule has 0 amide bonds. The third-order valence-electron chi connectivity index (χ3n) is 3.99. The van der Waals surface area contributed by atoms with Gasteiger partial charge in [0.2, 0.25) is 0 Å². The summed E-state index contributed by atoms with van der Waals surface area (Å²) in [6.45, 7) is 5.34. The summed E-state index contributed by atoms with van der Waals surface area (Å²) in [5.41, 5.74) is 8.03. The summed E-state index contributed by atoms with van der Waals surface area (Å²) in [6.07, 6.45) is 1.44. The first kappa shape index (κ1) is 13.8. The van der Waals surface area contributed by atoms with Gasteiger partial charge in [-0.15, -0.1) is 0 Å². The van der Waals surface area contributed by atoms with Crippen LogP contribution in [0, 0.1) is 5.41 Å². The average molecular weight is 313 g/mol. The summed E-state index contributed by atoms with van der Waals surface area (Å²) >= 11 is 3.47. The molecule has 1 aliphatic carbocycles. The maximum Gasteiger partial charge on any atom is 0.0652 e. The molecule has 0 radical (unpaired) electrons. The molecule has 1 aliphatic rings. The van der Waals surface area contributed by atoms with Gasteiger partial charge >= 0.3 is 0 Å². The van der Waals surface area contributed by atoms with Crippen LogP contribution in [-0.4, -0.2) is 19.3 Å². The fourth-order valence-electron chi connectivity index (χ4n) is 2.65. The molecule has 0 spiro atoms. The molecule has 0 heterocycles. The smallest absolute Gasteiger partial charge is 0.0652 e. The molecule has 3 nitrogen and oxygen atoms in total. The van der Waals surface area contributed by atoms with Crippen molar-refractivity contribution in [3.8, 4) is 0 Å². The Morgan fingerprint density at radius 2 is 2.17 bits per heavy atom. The van der Waals surface area contributed by atoms with E-state index in [0.717, 1.165) is 23.1 Å². The number of rotatable bonds is 4. The summed E-state index contributed by atoms with van der Waals surface area (Å²) in [7, 11) is 1.79. The highest BCUT2D eigenvalue weighted by atomic mass is 79.9. The second-order valence-corrected chi connectivity index (χ2v) is 6.52. The van der Waals surface area contributed by atoms with Crippen LogP contribution >= 0.6 is 15.9 Å². The predicted octanol–water partition coefficient (Wildman–Crippen LogP) is 2.93. The SMILES string of the molecule is COC1CC(NCc2cc(N)cc(Br)c2)C1(C)C. The molecule has 1 saturated carbocycles. The third-order valence-corrected chi connectivity index (χ3v) is 4.45. The molecule has 2 rings (SSSR count). The van der Waals surface area contributed by atoms with E-state index in [-0.39, 0.29) is 5.41 Å². The van der Waals surface area contributed by atoms with E-state index in [2.05, 4.69) is 41.2 Å². The Morgan fingerprint density at radius 3 is 2.72 bits per heavy atom. The van der Waals surface area contributed by atoms with Crippen LogP contribution in [0.2, 0.25) is 0 Å². The minimum Gasteiger partial charge on any atom is -0.399 e. The van der Waals surface area contributed by atoms with E-state index in [0.29, 0.717) is 12.1 Å². The Morgan fingerprint density at radius 1 is 1.44 bits per heavy atom. The highest BCUT2D eigenvalue weighted by molar-refractivity contribution is 9.10. The van der Waals surface area contributed by atoms with Gasteiger partial charge < -0.3 is 15.8 Å². The van der Waals surface area contributed by atoms with Crippen LogP contribution in [0.4, 0.5) is 5.69 Å². The molecular formula is C14H21BrN2O. The zero-order valence-electron chi connectivity index (χ0n) is 11.2. The third kappa shape index (κ3) is 2.71. The summed E-state index contributed by atoms with van der Waals surface area (Å²) in [5.74, 6) is 0. The topological polar surface area (TPSA) is 47.3 Å². The van der Waals surface area contributed by atoms with E-state index in [1.807, 2.05) is 12.1 Å². The van der Waals surface area contributed by atoms with Gasteiger partial charge in [0.1, 0.15) is 0 Å². The van der Waals surface area contributed by atoms with Gasteiger partial charge in [-0.3, -0.25) is 0 Å². The van der Waals surface area contributed by atoms with Crippen molar-refractivity contribution in [2.45, 2.75) is 39.0 Å². The number of nitrogen functional groups attached to an aromatic ring is 1. The Balaban J connectivity index is 1.93. The number of nitrogens with one attached hydrogen (secondary N) is 1. The van der Waals surface area contributed by atoms with E-state index < -0.39 is 0 Å². The first-order valence-corrected chi connectivity index (χ1v) is 7.04. The number of halogens is 1. The molecule has 18 heavy (non-hydrogen) atoms. The second kappa shape index (κ2) is 5.19. The van der Waals surface area contributed by atoms with Crippen molar-refractivity contribution in [1.82, 2.24) is 5.32 Å². The van der Waals surface area contributed by atoms with Crippen molar-refractivity contribution in [1.29, 1.82) is 0 Å². The Kier molecular flexibility index (Phi) is 3.99. The van der Waals surface area contributed by atoms with Crippen molar-refractivity contribution in [2.24, 2.45) is 5.41 Å². The van der Waals surface area contributed by atoms with Crippen molar-refractivity contribution in [3.63, 3.8) is 0 Å². The van der Waals surface area contributed by atoms with Gasteiger partial charge in [-0.2, -0.15) is 0 Å². The number of hydrogen-bond donors (Lipinski definition) is 2. The van der Waals surface area contributed by atoms with Crippen LogP contribution in [0.15, 0.2) is 22.7 Å². The largest absolute Gasteiger partial charge is 0.399 e. The van der Waals surface area contributed by atoms with Crippen molar-refractivity contribution in [2.75, 3.05) is 12.8 Å². The zero-order valence-corrected chi connectivity index (χ0v) is 12.8. The summed E-state index contributed by atoms with van der Waals surface area (Å²) < 4.78 is 6.48. The second-order valence-electron chi connectivity index (χ2n) is 5.61. The standard InChI is InChI=1S/C14H21BrN2O/c1-14(2)12(7-13(14)18-3)17-8-9-4-10(15)6-11(16)5-9/h4-6,12-13,17H,7-8,16H2,1-3H3. The fourth-order valence-corrected chi connectivity index (χ4v) is 3.21. The average Bonchev–Trinajstić information content (AvgIpc) is 2.26. The predicted molar refractivity (Wildman–Crippen MR) is 78.4 cm³/mol. The molecule has 3 N–H and O–H groups in total. The summed E-state index contributed by atoms with van der Waals surface area (Å²) in [5, 5.41) is 3.59. The summed E-state index contributed by atoms with van der Waals surface area (Å²) in [4.78, 5) is 0. The van der Waals surface area contributed by atoms with E-state index in [4.69, 9.17) is 10.5 Å². The van der Waals surface area contributed by atoms with Gasteiger partial charge in [0, 0.05) is 35.3 Å². The minimum absolute atomic E-state index is 0.201. The number of hydrogen-bond acceptors (Lipinski definition) is 3. The van der Waals surface area contributed by atoms with Gasteiger partial charge in [-0.1, -0.05) is 29.8 Å². The molecule has 0 aromatic heterocycles. The summed E-state index contributed by atoms with van der Waals surface area (Å²) in [6, 6.07) is 6.53. The van der Waals surface area contributed by atoms with Crippen molar-refractivity contribution >= 4 is 21.6 Å². The van der Waals surface area contributed by atoms with Crippen molar-refractivity contribution < 1.29 is 4.74 Å². The van der Waals surface area contributed by atoms with Gasteiger partial charge in [-0.25, -0.2) is 0 Å². The molecule has 1 aromatic carbocycles. The molecule has 2 unspecified atom stereocenters. The normalized spacial score (nSPS) is 25.8. The number of anilines is 1. The highest BCUT2D eigenvalue weighted by Crippen LogP contribution is 2.42. The zero-order chi connectivity index (χ0) is 13.3. The number of methoxy groups -OCH3 is 1. The number of nitrogens with two attached hydrogens (primary N) is 1. The van der Waals surface area contributed by atoms with E-state index in [1.165, 1.54) is 5.56 Å². The molecule has 100 valence electrons. The maximum absolute atomic E-state index is 5.83. The van der Waals surface area contributed by atoms with Gasteiger partial charge in [-0.05, 0) is 30.2 Å². The van der Waals surface area contributed by atoms with Crippen LogP contribution in [-0.2, 0) is 11.3 Å². The highest BCUT2D eigenvalue weighted by Gasteiger charge is 2.48. The quantitative estimate of drug-likeness (QED) is 0.840. The van der Waals surface area contributed by atoms with Crippen LogP contribution < -0.4 is 11.1 Å². The lowest BCUT2D eigenvalue weighted by molar-refractivity contribution is -0.0979. The van der Waals surface area contributed by atoms with Gasteiger partial charge in [0.15, 0.2) is 0 Å². The molecule has 4 heteroatoms. The fraction of sp³-hybridized carbons (Fsp3) is 0.571. The number of ether oxygens (including phenoxy) is 1. The monoisotopic (exact) mass is 312 g/mol. The van der Waals surface area contributed by atoms with Gasteiger partial charge in [0.05, 0.1) is 6.10 Å². The van der Waals surface area contributed by atoms with E-state index in [1.54, 1.807) is 7.11 Å². The molecule has 1 aromatic rings. The molecular weight excluding hydrogens is 292 g/mol. The van der Waals surface area contributed by atoms with Crippen LogP contribution in [0.1, 0.15) is 25.8 Å². The first-order chi connectivity index (χ1) is 8.43. The van der Waals surface area contributed by atoms with Gasteiger partial charge in [0.25, 0.3) is 0 Å². The van der Waals surface area contributed by atoms with E-state index >= 15 is 0 Å². The first-order valence-electron chi connectivity index (χ1n) is 6.24. The minimum atomic E-state index is 0.201. The Hall–Kier alpha value is -0.580. The lowest BCUT2D eigenvalue weighted by atomic mass is 9.64. The molecule has 1 fully saturated rings. The van der Waals surface area contributed by atoms with Crippen molar-refractivity contribution in [3.05, 3.63) is 28.2 Å².